The van der Waals surface area contributed by atoms with Crippen LogP contribution in [0.15, 0.2) is 24.3 Å². The van der Waals surface area contributed by atoms with Crippen LogP contribution in [0.2, 0.25) is 0 Å². The summed E-state index contributed by atoms with van der Waals surface area (Å²) in [5.74, 6) is 0.679. The Morgan fingerprint density at radius 1 is 1.12 bits per heavy atom. The Morgan fingerprint density at radius 2 is 1.65 bits per heavy atom. The molecule has 17 heavy (non-hydrogen) atoms. The van der Waals surface area contributed by atoms with Crippen molar-refractivity contribution in [3.05, 3.63) is 35.4 Å². The molecule has 0 saturated carbocycles. The van der Waals surface area contributed by atoms with E-state index < -0.39 is 0 Å². The first-order valence-corrected chi connectivity index (χ1v) is 6.63. The molecule has 1 rings (SSSR count). The van der Waals surface area contributed by atoms with E-state index in [1.54, 1.807) is 0 Å². The van der Waals surface area contributed by atoms with Gasteiger partial charge >= 0.3 is 0 Å². The monoisotopic (exact) mass is 234 g/mol. The number of hydrogen-bond donors (Lipinski definition) is 1. The molecule has 1 unspecified atom stereocenters. The maximum Gasteiger partial charge on any atom is 0.0840 e. The smallest absolute Gasteiger partial charge is 0.0840 e. The van der Waals surface area contributed by atoms with E-state index in [2.05, 4.69) is 58.9 Å². The SMILES string of the molecule is CCC(C)(C)C(O)c1ccc(CC(C)C)cc1. The number of benzene rings is 1. The molecule has 1 aromatic rings. The summed E-state index contributed by atoms with van der Waals surface area (Å²) in [5, 5.41) is 10.3. The van der Waals surface area contributed by atoms with Crippen LogP contribution in [-0.2, 0) is 6.42 Å². The summed E-state index contributed by atoms with van der Waals surface area (Å²) < 4.78 is 0. The van der Waals surface area contributed by atoms with Gasteiger partial charge in [0.05, 0.1) is 6.10 Å². The Kier molecular flexibility index (Phi) is 4.76. The van der Waals surface area contributed by atoms with Crippen molar-refractivity contribution < 1.29 is 5.11 Å². The standard InChI is InChI=1S/C16H26O/c1-6-16(4,5)15(17)14-9-7-13(8-10-14)11-12(2)3/h7-10,12,15,17H,6,11H2,1-5H3. The average Bonchev–Trinajstić information content (AvgIpc) is 2.28. The van der Waals surface area contributed by atoms with Gasteiger partial charge in [0.2, 0.25) is 0 Å². The average molecular weight is 234 g/mol. The largest absolute Gasteiger partial charge is 0.388 e. The van der Waals surface area contributed by atoms with E-state index in [-0.39, 0.29) is 11.5 Å². The van der Waals surface area contributed by atoms with Gasteiger partial charge in [-0.15, -0.1) is 0 Å². The van der Waals surface area contributed by atoms with Gasteiger partial charge in [-0.2, -0.15) is 0 Å². The molecule has 1 N–H and O–H groups in total. The summed E-state index contributed by atoms with van der Waals surface area (Å²) in [6.07, 6.45) is 1.70. The molecule has 0 amide bonds. The molecule has 0 bridgehead atoms. The molecule has 96 valence electrons. The lowest BCUT2D eigenvalue weighted by atomic mass is 9.80. The molecule has 1 aromatic carbocycles. The Balaban J connectivity index is 2.80. The first-order chi connectivity index (χ1) is 7.86. The lowest BCUT2D eigenvalue weighted by molar-refractivity contribution is 0.0465. The van der Waals surface area contributed by atoms with Crippen LogP contribution < -0.4 is 0 Å². The maximum atomic E-state index is 10.3. The Morgan fingerprint density at radius 3 is 2.06 bits per heavy atom. The molecule has 0 saturated heterocycles. The lowest BCUT2D eigenvalue weighted by Gasteiger charge is -2.29. The molecule has 1 atom stereocenters. The molecular weight excluding hydrogens is 208 g/mol. The van der Waals surface area contributed by atoms with Crippen molar-refractivity contribution in [2.24, 2.45) is 11.3 Å². The molecule has 0 aliphatic carbocycles. The summed E-state index contributed by atoms with van der Waals surface area (Å²) in [6, 6.07) is 8.42. The van der Waals surface area contributed by atoms with E-state index >= 15 is 0 Å². The third kappa shape index (κ3) is 3.85. The topological polar surface area (TPSA) is 20.2 Å². The Labute approximate surface area is 106 Å². The van der Waals surface area contributed by atoms with Crippen LogP contribution in [0.1, 0.15) is 58.3 Å². The van der Waals surface area contributed by atoms with E-state index in [1.807, 2.05) is 0 Å². The van der Waals surface area contributed by atoms with Gasteiger partial charge < -0.3 is 5.11 Å². The summed E-state index contributed by atoms with van der Waals surface area (Å²) in [4.78, 5) is 0. The Bertz CT molecular complexity index is 335. The second kappa shape index (κ2) is 5.68. The van der Waals surface area contributed by atoms with E-state index in [0.29, 0.717) is 5.92 Å². The summed E-state index contributed by atoms with van der Waals surface area (Å²) in [5.41, 5.74) is 2.33. The fourth-order valence-electron chi connectivity index (χ4n) is 1.95. The predicted molar refractivity (Wildman–Crippen MR) is 74.0 cm³/mol. The highest BCUT2D eigenvalue weighted by Gasteiger charge is 2.26. The third-order valence-corrected chi connectivity index (χ3v) is 3.59. The Hall–Kier alpha value is -0.820. The van der Waals surface area contributed by atoms with E-state index in [9.17, 15) is 5.11 Å². The van der Waals surface area contributed by atoms with Gasteiger partial charge in [-0.25, -0.2) is 0 Å². The molecule has 0 aliphatic rings. The second-order valence-corrected chi connectivity index (χ2v) is 6.08. The minimum Gasteiger partial charge on any atom is -0.388 e. The molecule has 0 aromatic heterocycles. The van der Waals surface area contributed by atoms with Crippen molar-refractivity contribution in [3.8, 4) is 0 Å². The molecule has 0 spiro atoms. The molecular formula is C16H26O. The van der Waals surface area contributed by atoms with Gasteiger partial charge in [-0.1, -0.05) is 58.9 Å². The van der Waals surface area contributed by atoms with Crippen LogP contribution in [0.4, 0.5) is 0 Å². The van der Waals surface area contributed by atoms with Gasteiger partial charge in [0, 0.05) is 0 Å². The highest BCUT2D eigenvalue weighted by molar-refractivity contribution is 5.25. The van der Waals surface area contributed by atoms with E-state index in [1.165, 1.54) is 5.56 Å². The van der Waals surface area contributed by atoms with Crippen molar-refractivity contribution in [1.82, 2.24) is 0 Å². The molecule has 0 radical (unpaired) electrons. The first kappa shape index (κ1) is 14.2. The molecule has 0 aliphatic heterocycles. The fraction of sp³-hybridized carbons (Fsp3) is 0.625. The lowest BCUT2D eigenvalue weighted by Crippen LogP contribution is -2.20. The van der Waals surface area contributed by atoms with Crippen LogP contribution in [0.5, 0.6) is 0 Å². The number of aliphatic hydroxyl groups excluding tert-OH is 1. The quantitative estimate of drug-likeness (QED) is 0.802. The van der Waals surface area contributed by atoms with Gasteiger partial charge in [-0.05, 0) is 35.3 Å². The molecule has 1 heteroatoms. The summed E-state index contributed by atoms with van der Waals surface area (Å²) in [6.45, 7) is 10.8. The van der Waals surface area contributed by atoms with Crippen LogP contribution in [0.25, 0.3) is 0 Å². The van der Waals surface area contributed by atoms with Crippen molar-refractivity contribution in [3.63, 3.8) is 0 Å². The van der Waals surface area contributed by atoms with Crippen molar-refractivity contribution >= 4 is 0 Å². The zero-order chi connectivity index (χ0) is 13.1. The zero-order valence-electron chi connectivity index (χ0n) is 11.8. The van der Waals surface area contributed by atoms with Gasteiger partial charge in [-0.3, -0.25) is 0 Å². The van der Waals surface area contributed by atoms with Crippen molar-refractivity contribution in [2.75, 3.05) is 0 Å². The number of aliphatic hydroxyl groups is 1. The van der Waals surface area contributed by atoms with Crippen molar-refractivity contribution in [1.29, 1.82) is 0 Å². The number of rotatable bonds is 5. The minimum atomic E-state index is -0.374. The van der Waals surface area contributed by atoms with Crippen molar-refractivity contribution in [2.45, 2.75) is 53.6 Å². The number of hydrogen-bond acceptors (Lipinski definition) is 1. The van der Waals surface area contributed by atoms with Crippen LogP contribution in [0.3, 0.4) is 0 Å². The summed E-state index contributed by atoms with van der Waals surface area (Å²) >= 11 is 0. The molecule has 0 heterocycles. The van der Waals surface area contributed by atoms with E-state index in [4.69, 9.17) is 0 Å². The highest BCUT2D eigenvalue weighted by atomic mass is 16.3. The zero-order valence-corrected chi connectivity index (χ0v) is 11.8. The first-order valence-electron chi connectivity index (χ1n) is 6.63. The highest BCUT2D eigenvalue weighted by Crippen LogP contribution is 2.36. The van der Waals surface area contributed by atoms with Crippen LogP contribution in [-0.4, -0.2) is 5.11 Å². The van der Waals surface area contributed by atoms with Gasteiger partial charge in [0.25, 0.3) is 0 Å². The molecule has 0 fully saturated rings. The van der Waals surface area contributed by atoms with Crippen LogP contribution >= 0.6 is 0 Å². The normalized spacial score (nSPS) is 14.1. The fourth-order valence-corrected chi connectivity index (χ4v) is 1.95. The predicted octanol–water partition coefficient (Wildman–Crippen LogP) is 4.35. The van der Waals surface area contributed by atoms with Crippen LogP contribution in [0, 0.1) is 11.3 Å². The summed E-state index contributed by atoms with van der Waals surface area (Å²) in [7, 11) is 0. The van der Waals surface area contributed by atoms with Gasteiger partial charge in [0.15, 0.2) is 0 Å². The van der Waals surface area contributed by atoms with Gasteiger partial charge in [0.1, 0.15) is 0 Å². The molecule has 1 nitrogen and oxygen atoms in total. The van der Waals surface area contributed by atoms with E-state index in [0.717, 1.165) is 18.4 Å². The third-order valence-electron chi connectivity index (χ3n) is 3.59. The maximum absolute atomic E-state index is 10.3. The second-order valence-electron chi connectivity index (χ2n) is 6.08. The minimum absolute atomic E-state index is 0.0560.